The summed E-state index contributed by atoms with van der Waals surface area (Å²) in [7, 11) is 0. The lowest BCUT2D eigenvalue weighted by Gasteiger charge is -2.00. The first kappa shape index (κ1) is 16.0. The van der Waals surface area contributed by atoms with Gasteiger partial charge in [0, 0.05) is 18.0 Å². The minimum atomic E-state index is -1.71. The summed E-state index contributed by atoms with van der Waals surface area (Å²) in [4.78, 5) is 35.7. The van der Waals surface area contributed by atoms with Crippen molar-refractivity contribution in [1.82, 2.24) is 4.98 Å². The number of carboxylic acid groups (broad SMARTS) is 1. The van der Waals surface area contributed by atoms with Crippen LogP contribution in [0.5, 0.6) is 0 Å². The molecular formula is C15H13NO5. The predicted molar refractivity (Wildman–Crippen MR) is 73.6 cm³/mol. The van der Waals surface area contributed by atoms with Crippen molar-refractivity contribution < 1.29 is 24.2 Å². The van der Waals surface area contributed by atoms with Crippen molar-refractivity contribution >= 4 is 17.7 Å². The van der Waals surface area contributed by atoms with Gasteiger partial charge in [-0.2, -0.15) is 0 Å². The van der Waals surface area contributed by atoms with Crippen molar-refractivity contribution in [3.05, 3.63) is 66.5 Å². The molecule has 0 saturated carbocycles. The molecule has 0 spiro atoms. The van der Waals surface area contributed by atoms with Gasteiger partial charge >= 0.3 is 11.9 Å². The molecule has 0 unspecified atom stereocenters. The van der Waals surface area contributed by atoms with Crippen LogP contribution in [-0.4, -0.2) is 34.4 Å². The molecule has 1 N–H and O–H groups in total. The van der Waals surface area contributed by atoms with Crippen LogP contribution in [0.3, 0.4) is 0 Å². The number of hydrogen-bond acceptors (Lipinski definition) is 5. The fraction of sp³-hybridized carbons (Fsp3) is 0.0667. The van der Waals surface area contributed by atoms with Gasteiger partial charge in [-0.1, -0.05) is 36.4 Å². The fourth-order valence-corrected chi connectivity index (χ4v) is 1.21. The van der Waals surface area contributed by atoms with E-state index in [4.69, 9.17) is 5.11 Å². The number of ether oxygens (including phenoxy) is 1. The predicted octanol–water partition coefficient (Wildman–Crippen LogP) is 1.58. The number of ketones is 1. The van der Waals surface area contributed by atoms with E-state index in [9.17, 15) is 14.4 Å². The number of rotatable bonds is 3. The monoisotopic (exact) mass is 287 g/mol. The summed E-state index contributed by atoms with van der Waals surface area (Å²) in [6.45, 7) is -0.560. The summed E-state index contributed by atoms with van der Waals surface area (Å²) in [5.74, 6) is -3.58. The Kier molecular flexibility index (Phi) is 6.85. The molecule has 0 aliphatic heterocycles. The quantitative estimate of drug-likeness (QED) is 0.523. The van der Waals surface area contributed by atoms with E-state index in [1.807, 2.05) is 18.2 Å². The van der Waals surface area contributed by atoms with Crippen LogP contribution in [0, 0.1) is 0 Å². The number of carbonyl (C=O) groups excluding carboxylic acids is 2. The van der Waals surface area contributed by atoms with E-state index < -0.39 is 24.3 Å². The minimum Gasteiger partial charge on any atom is -0.473 e. The number of benzene rings is 1. The third-order valence-corrected chi connectivity index (χ3v) is 2.17. The zero-order chi connectivity index (χ0) is 15.5. The molecule has 6 nitrogen and oxygen atoms in total. The van der Waals surface area contributed by atoms with Gasteiger partial charge in [-0.3, -0.25) is 9.78 Å². The van der Waals surface area contributed by atoms with Gasteiger partial charge in [-0.15, -0.1) is 0 Å². The Morgan fingerprint density at radius 1 is 0.952 bits per heavy atom. The van der Waals surface area contributed by atoms with Gasteiger partial charge in [-0.05, 0) is 12.1 Å². The largest absolute Gasteiger partial charge is 0.473 e. The zero-order valence-corrected chi connectivity index (χ0v) is 11.0. The average Bonchev–Trinajstić information content (AvgIpc) is 2.55. The third-order valence-electron chi connectivity index (χ3n) is 2.17. The highest BCUT2D eigenvalue weighted by Gasteiger charge is 2.15. The normalized spacial score (nSPS) is 8.95. The Labute approximate surface area is 121 Å². The van der Waals surface area contributed by atoms with Crippen molar-refractivity contribution in [1.29, 1.82) is 0 Å². The molecule has 0 radical (unpaired) electrons. The summed E-state index contributed by atoms with van der Waals surface area (Å²) < 4.78 is 4.23. The van der Waals surface area contributed by atoms with Gasteiger partial charge in [0.1, 0.15) is 0 Å². The van der Waals surface area contributed by atoms with Gasteiger partial charge in [0.05, 0.1) is 0 Å². The Balaban J connectivity index is 0.000000304. The molecule has 0 saturated heterocycles. The minimum absolute atomic E-state index is 0.371. The Bertz CT molecular complexity index is 557. The molecule has 1 heterocycles. The highest BCUT2D eigenvalue weighted by molar-refractivity contribution is 6.29. The van der Waals surface area contributed by atoms with Crippen molar-refractivity contribution in [2.75, 3.05) is 6.61 Å². The highest BCUT2D eigenvalue weighted by atomic mass is 16.6. The van der Waals surface area contributed by atoms with Crippen LogP contribution < -0.4 is 0 Å². The summed E-state index contributed by atoms with van der Waals surface area (Å²) in [6.07, 6.45) is 3.50. The number of carbonyl (C=O) groups is 3. The van der Waals surface area contributed by atoms with E-state index >= 15 is 0 Å². The smallest absolute Gasteiger partial charge is 0.417 e. The molecule has 0 atom stereocenters. The van der Waals surface area contributed by atoms with E-state index in [0.717, 1.165) is 0 Å². The topological polar surface area (TPSA) is 93.6 Å². The molecule has 0 aliphatic carbocycles. The van der Waals surface area contributed by atoms with E-state index in [2.05, 4.69) is 9.72 Å². The average molecular weight is 287 g/mol. The van der Waals surface area contributed by atoms with Crippen molar-refractivity contribution in [2.45, 2.75) is 0 Å². The summed E-state index contributed by atoms with van der Waals surface area (Å²) in [5, 5.41) is 8.18. The molecular weight excluding hydrogens is 274 g/mol. The van der Waals surface area contributed by atoms with Gasteiger partial charge in [-0.25, -0.2) is 9.59 Å². The van der Waals surface area contributed by atoms with Gasteiger partial charge in [0.15, 0.2) is 12.4 Å². The van der Waals surface area contributed by atoms with Crippen LogP contribution in [-0.2, 0) is 14.3 Å². The van der Waals surface area contributed by atoms with Gasteiger partial charge < -0.3 is 9.84 Å². The number of nitrogens with zero attached hydrogens (tertiary/aromatic N) is 1. The Hall–Kier alpha value is -3.02. The fourth-order valence-electron chi connectivity index (χ4n) is 1.21. The first-order chi connectivity index (χ1) is 10.1. The lowest BCUT2D eigenvalue weighted by molar-refractivity contribution is -0.163. The van der Waals surface area contributed by atoms with Crippen molar-refractivity contribution in [3.8, 4) is 0 Å². The molecule has 1 aromatic heterocycles. The van der Waals surface area contributed by atoms with Gasteiger partial charge in [0.25, 0.3) is 0 Å². The van der Waals surface area contributed by atoms with E-state index in [1.54, 1.807) is 42.7 Å². The number of esters is 1. The standard InChI is InChI=1S/C10H8O5.C5H5N/c11-8(6-15-10(14)9(12)13)7-4-2-1-3-5-7;1-2-4-6-5-3-1/h1-5H,6H2,(H,12,13);1-5H. The first-order valence-electron chi connectivity index (χ1n) is 5.94. The first-order valence-corrected chi connectivity index (χ1v) is 5.94. The second-order valence-electron chi connectivity index (χ2n) is 3.70. The maximum atomic E-state index is 11.3. The maximum absolute atomic E-state index is 11.3. The summed E-state index contributed by atoms with van der Waals surface area (Å²) in [5.41, 5.74) is 0.371. The van der Waals surface area contributed by atoms with Gasteiger partial charge in [0.2, 0.25) is 0 Å². The molecule has 1 aromatic carbocycles. The van der Waals surface area contributed by atoms with E-state index in [1.165, 1.54) is 0 Å². The number of carboxylic acids is 1. The highest BCUT2D eigenvalue weighted by Crippen LogP contribution is 2.00. The second-order valence-corrected chi connectivity index (χ2v) is 3.70. The SMILES string of the molecule is O=C(O)C(=O)OCC(=O)c1ccccc1.c1ccncc1. The lowest BCUT2D eigenvalue weighted by Crippen LogP contribution is -2.20. The van der Waals surface area contributed by atoms with Crippen LogP contribution in [0.15, 0.2) is 60.9 Å². The van der Waals surface area contributed by atoms with Crippen LogP contribution in [0.25, 0.3) is 0 Å². The number of hydrogen-bond donors (Lipinski definition) is 1. The van der Waals surface area contributed by atoms with Crippen molar-refractivity contribution in [2.24, 2.45) is 0 Å². The van der Waals surface area contributed by atoms with Crippen LogP contribution >= 0.6 is 0 Å². The molecule has 0 bridgehead atoms. The second kappa shape index (κ2) is 8.98. The van der Waals surface area contributed by atoms with E-state index in [-0.39, 0.29) is 0 Å². The number of aromatic nitrogens is 1. The molecule has 0 aliphatic rings. The van der Waals surface area contributed by atoms with Crippen LogP contribution in [0.4, 0.5) is 0 Å². The summed E-state index contributed by atoms with van der Waals surface area (Å²) in [6, 6.07) is 13.9. The van der Waals surface area contributed by atoms with Crippen molar-refractivity contribution in [3.63, 3.8) is 0 Å². The Morgan fingerprint density at radius 3 is 1.95 bits per heavy atom. The molecule has 0 fully saturated rings. The molecule has 2 aromatic rings. The molecule has 0 amide bonds. The zero-order valence-electron chi connectivity index (χ0n) is 11.0. The van der Waals surface area contributed by atoms with Crippen LogP contribution in [0.2, 0.25) is 0 Å². The molecule has 6 heteroatoms. The van der Waals surface area contributed by atoms with E-state index in [0.29, 0.717) is 5.56 Å². The lowest BCUT2D eigenvalue weighted by atomic mass is 10.1. The molecule has 21 heavy (non-hydrogen) atoms. The Morgan fingerprint density at radius 2 is 1.52 bits per heavy atom. The molecule has 108 valence electrons. The molecule has 2 rings (SSSR count). The number of aliphatic carboxylic acids is 1. The summed E-state index contributed by atoms with van der Waals surface area (Å²) >= 11 is 0. The third kappa shape index (κ3) is 6.63. The number of Topliss-reactive ketones (excluding diaryl/α,β-unsaturated/α-hetero) is 1. The van der Waals surface area contributed by atoms with Crippen LogP contribution in [0.1, 0.15) is 10.4 Å². The maximum Gasteiger partial charge on any atom is 0.417 e. The number of pyridine rings is 1.